The number of aromatic nitrogens is 3. The van der Waals surface area contributed by atoms with Gasteiger partial charge in [0.05, 0.1) is 11.0 Å². The third-order valence-corrected chi connectivity index (χ3v) is 4.13. The minimum Gasteiger partial charge on any atom is -0.356 e. The molecule has 4 aromatic rings. The number of para-hydroxylation sites is 2. The van der Waals surface area contributed by atoms with E-state index in [0.29, 0.717) is 17.1 Å². The Morgan fingerprint density at radius 1 is 1.19 bits per heavy atom. The van der Waals surface area contributed by atoms with Crippen LogP contribution >= 0.6 is 0 Å². The number of hydrogen-bond donors (Lipinski definition) is 1. The number of carbonyl (C=O) groups excluding carboxylic acids is 1. The molecule has 0 atom stereocenters. The van der Waals surface area contributed by atoms with E-state index in [1.807, 2.05) is 60.1 Å². The van der Waals surface area contributed by atoms with Crippen molar-refractivity contribution in [1.29, 1.82) is 0 Å². The zero-order chi connectivity index (χ0) is 18.1. The summed E-state index contributed by atoms with van der Waals surface area (Å²) in [7, 11) is 1.95. The van der Waals surface area contributed by atoms with E-state index in [1.165, 1.54) is 6.08 Å². The van der Waals surface area contributed by atoms with E-state index < -0.39 is 0 Å². The second kappa shape index (κ2) is 6.33. The highest BCUT2D eigenvalue weighted by atomic mass is 16.5. The monoisotopic (exact) mass is 344 g/mol. The van der Waals surface area contributed by atoms with E-state index in [0.717, 1.165) is 22.4 Å². The number of anilines is 1. The summed E-state index contributed by atoms with van der Waals surface area (Å²) in [5.74, 6) is 1.07. The minimum atomic E-state index is -0.264. The van der Waals surface area contributed by atoms with Crippen LogP contribution in [0.15, 0.2) is 71.8 Å². The third-order valence-electron chi connectivity index (χ3n) is 4.13. The van der Waals surface area contributed by atoms with Crippen molar-refractivity contribution in [3.63, 3.8) is 0 Å². The van der Waals surface area contributed by atoms with Gasteiger partial charge in [-0.05, 0) is 30.3 Å². The van der Waals surface area contributed by atoms with E-state index in [1.54, 1.807) is 6.07 Å². The molecule has 0 fully saturated rings. The van der Waals surface area contributed by atoms with Gasteiger partial charge in [0.15, 0.2) is 11.6 Å². The van der Waals surface area contributed by atoms with Gasteiger partial charge in [0.2, 0.25) is 5.91 Å². The van der Waals surface area contributed by atoms with Crippen molar-refractivity contribution >= 4 is 22.6 Å². The normalized spacial score (nSPS) is 10.8. The van der Waals surface area contributed by atoms with Crippen LogP contribution in [0.5, 0.6) is 0 Å². The summed E-state index contributed by atoms with van der Waals surface area (Å²) in [6.45, 7) is 3.45. The fourth-order valence-electron chi connectivity index (χ4n) is 2.83. The van der Waals surface area contributed by atoms with Gasteiger partial charge in [-0.1, -0.05) is 36.0 Å². The third kappa shape index (κ3) is 2.77. The Labute approximate surface area is 149 Å². The largest absolute Gasteiger partial charge is 0.356 e. The molecule has 6 nitrogen and oxygen atoms in total. The minimum absolute atomic E-state index is 0.264. The smallest absolute Gasteiger partial charge is 0.247 e. The number of fused-ring (bicyclic) bond motifs is 1. The first-order valence-corrected chi connectivity index (χ1v) is 8.08. The lowest BCUT2D eigenvalue weighted by Crippen LogP contribution is -2.06. The Bertz CT molecular complexity index is 1120. The van der Waals surface area contributed by atoms with Crippen molar-refractivity contribution in [1.82, 2.24) is 14.7 Å². The van der Waals surface area contributed by atoms with Gasteiger partial charge in [0, 0.05) is 24.4 Å². The number of nitrogens with one attached hydrogen (secondary N) is 1. The molecule has 0 bridgehead atoms. The molecule has 6 heteroatoms. The van der Waals surface area contributed by atoms with Gasteiger partial charge in [-0.25, -0.2) is 4.98 Å². The lowest BCUT2D eigenvalue weighted by molar-refractivity contribution is -0.111. The predicted molar refractivity (Wildman–Crippen MR) is 100 cm³/mol. The molecular formula is C20H16N4O2. The summed E-state index contributed by atoms with van der Waals surface area (Å²) < 4.78 is 7.49. The molecule has 128 valence electrons. The molecule has 2 heterocycles. The number of carbonyl (C=O) groups is 1. The SMILES string of the molecule is C=CC(=O)Nc1cccc(-c2cc(-c3nc4ccccc4n3C)no2)c1. The molecule has 0 spiro atoms. The first kappa shape index (κ1) is 15.8. The summed E-state index contributed by atoms with van der Waals surface area (Å²) in [5.41, 5.74) is 4.06. The van der Waals surface area contributed by atoms with E-state index in [2.05, 4.69) is 22.0 Å². The summed E-state index contributed by atoms with van der Waals surface area (Å²) >= 11 is 0. The van der Waals surface area contributed by atoms with Crippen LogP contribution in [0.4, 0.5) is 5.69 Å². The number of nitrogens with zero attached hydrogens (tertiary/aromatic N) is 3. The van der Waals surface area contributed by atoms with Crippen LogP contribution in [0.25, 0.3) is 33.9 Å². The average molecular weight is 344 g/mol. The number of benzene rings is 2. The molecule has 0 saturated heterocycles. The molecule has 0 aliphatic heterocycles. The quantitative estimate of drug-likeness (QED) is 0.568. The molecule has 0 saturated carbocycles. The van der Waals surface area contributed by atoms with Crippen molar-refractivity contribution in [2.75, 3.05) is 5.32 Å². The van der Waals surface area contributed by atoms with Gasteiger partial charge in [0.1, 0.15) is 5.69 Å². The van der Waals surface area contributed by atoms with E-state index in [4.69, 9.17) is 4.52 Å². The Kier molecular flexibility index (Phi) is 3.85. The van der Waals surface area contributed by atoms with Crippen LogP contribution in [0, 0.1) is 0 Å². The topological polar surface area (TPSA) is 73.0 Å². The molecule has 0 radical (unpaired) electrons. The van der Waals surface area contributed by atoms with Gasteiger partial charge in [-0.3, -0.25) is 4.79 Å². The van der Waals surface area contributed by atoms with Crippen molar-refractivity contribution in [2.45, 2.75) is 0 Å². The molecule has 2 aromatic heterocycles. The number of rotatable bonds is 4. The van der Waals surface area contributed by atoms with Crippen molar-refractivity contribution in [3.8, 4) is 22.8 Å². The molecule has 26 heavy (non-hydrogen) atoms. The highest BCUT2D eigenvalue weighted by Gasteiger charge is 2.15. The zero-order valence-corrected chi connectivity index (χ0v) is 14.1. The van der Waals surface area contributed by atoms with Crippen LogP contribution in [0.2, 0.25) is 0 Å². The lowest BCUT2D eigenvalue weighted by atomic mass is 10.1. The molecule has 0 aliphatic rings. The van der Waals surface area contributed by atoms with Gasteiger partial charge in [-0.15, -0.1) is 0 Å². The average Bonchev–Trinajstić information content (AvgIpc) is 3.27. The van der Waals surface area contributed by atoms with E-state index in [9.17, 15) is 4.79 Å². The Balaban J connectivity index is 1.70. The van der Waals surface area contributed by atoms with Crippen molar-refractivity contribution in [3.05, 3.63) is 67.3 Å². The van der Waals surface area contributed by atoms with Crippen LogP contribution in [0.3, 0.4) is 0 Å². The summed E-state index contributed by atoms with van der Waals surface area (Å²) in [6.07, 6.45) is 1.23. The highest BCUT2D eigenvalue weighted by molar-refractivity contribution is 5.99. The van der Waals surface area contributed by atoms with Crippen LogP contribution in [0.1, 0.15) is 0 Å². The van der Waals surface area contributed by atoms with Gasteiger partial charge in [0.25, 0.3) is 0 Å². The van der Waals surface area contributed by atoms with Gasteiger partial charge < -0.3 is 14.4 Å². The fraction of sp³-hybridized carbons (Fsp3) is 0.0500. The number of amides is 1. The maximum absolute atomic E-state index is 11.5. The van der Waals surface area contributed by atoms with Gasteiger partial charge in [-0.2, -0.15) is 0 Å². The molecule has 0 aliphatic carbocycles. The van der Waals surface area contributed by atoms with E-state index in [-0.39, 0.29) is 5.91 Å². The molecule has 4 rings (SSSR count). The van der Waals surface area contributed by atoms with E-state index >= 15 is 0 Å². The first-order chi connectivity index (χ1) is 12.7. The standard InChI is InChI=1S/C20H16N4O2/c1-3-19(25)21-14-8-6-7-13(11-14)18-12-16(23-26-18)20-22-15-9-4-5-10-17(15)24(20)2/h3-12H,1H2,2H3,(H,21,25). The molecular weight excluding hydrogens is 328 g/mol. The molecule has 1 N–H and O–H groups in total. The summed E-state index contributed by atoms with van der Waals surface area (Å²) in [4.78, 5) is 16.1. The highest BCUT2D eigenvalue weighted by Crippen LogP contribution is 2.28. The second-order valence-corrected chi connectivity index (χ2v) is 5.83. The predicted octanol–water partition coefficient (Wildman–Crippen LogP) is 4.02. The van der Waals surface area contributed by atoms with Crippen LogP contribution in [-0.4, -0.2) is 20.6 Å². The molecule has 2 aromatic carbocycles. The van der Waals surface area contributed by atoms with Crippen LogP contribution < -0.4 is 5.32 Å². The fourth-order valence-corrected chi connectivity index (χ4v) is 2.83. The number of aryl methyl sites for hydroxylation is 1. The maximum atomic E-state index is 11.5. The van der Waals surface area contributed by atoms with Crippen molar-refractivity contribution in [2.24, 2.45) is 7.05 Å². The molecule has 1 amide bonds. The Morgan fingerprint density at radius 2 is 2.04 bits per heavy atom. The lowest BCUT2D eigenvalue weighted by Gasteiger charge is -2.03. The number of imidazole rings is 1. The maximum Gasteiger partial charge on any atom is 0.247 e. The van der Waals surface area contributed by atoms with Gasteiger partial charge >= 0.3 is 0 Å². The second-order valence-electron chi connectivity index (χ2n) is 5.83. The summed E-state index contributed by atoms with van der Waals surface area (Å²) in [5, 5.41) is 6.90. The summed E-state index contributed by atoms with van der Waals surface area (Å²) in [6, 6.07) is 17.1. The number of hydrogen-bond acceptors (Lipinski definition) is 4. The van der Waals surface area contributed by atoms with Crippen LogP contribution in [-0.2, 0) is 11.8 Å². The zero-order valence-electron chi connectivity index (χ0n) is 14.1. The Morgan fingerprint density at radius 3 is 2.85 bits per heavy atom. The first-order valence-electron chi connectivity index (χ1n) is 8.08. The van der Waals surface area contributed by atoms with Crippen molar-refractivity contribution < 1.29 is 9.32 Å². The Hall–Kier alpha value is -3.67. The molecule has 0 unspecified atom stereocenters.